The second kappa shape index (κ2) is 8.94. The van der Waals surface area contributed by atoms with Crippen molar-refractivity contribution in [1.29, 1.82) is 0 Å². The second-order valence-electron chi connectivity index (χ2n) is 5.92. The van der Waals surface area contributed by atoms with Gasteiger partial charge in [0.25, 0.3) is 0 Å². The Balaban J connectivity index is 1.99. The summed E-state index contributed by atoms with van der Waals surface area (Å²) < 4.78 is 0. The van der Waals surface area contributed by atoms with E-state index in [0.717, 1.165) is 40.8 Å². The maximum Gasteiger partial charge on any atom is 0.225 e. The van der Waals surface area contributed by atoms with Gasteiger partial charge in [-0.15, -0.1) is 11.3 Å². The molecular formula is C19H27N3OS. The minimum absolute atomic E-state index is 0.0687. The van der Waals surface area contributed by atoms with Crippen LogP contribution in [0.25, 0.3) is 11.3 Å². The molecule has 0 saturated carbocycles. The van der Waals surface area contributed by atoms with Crippen molar-refractivity contribution < 1.29 is 4.79 Å². The molecule has 0 aliphatic carbocycles. The number of amides is 1. The van der Waals surface area contributed by atoms with Crippen LogP contribution in [-0.2, 0) is 11.2 Å². The normalized spacial score (nSPS) is 11.0. The van der Waals surface area contributed by atoms with Gasteiger partial charge in [0.2, 0.25) is 5.91 Å². The van der Waals surface area contributed by atoms with Gasteiger partial charge in [0.1, 0.15) is 0 Å². The number of benzene rings is 1. The first-order valence-corrected chi connectivity index (χ1v) is 9.37. The summed E-state index contributed by atoms with van der Waals surface area (Å²) in [6, 6.07) is 8.31. The van der Waals surface area contributed by atoms with Crippen LogP contribution >= 0.6 is 11.3 Å². The summed E-state index contributed by atoms with van der Waals surface area (Å²) in [4.78, 5) is 20.2. The number of hydrogen-bond donors (Lipinski definition) is 1. The van der Waals surface area contributed by atoms with Crippen molar-refractivity contribution in [3.63, 3.8) is 0 Å². The molecule has 0 saturated heterocycles. The minimum atomic E-state index is 0.0687. The van der Waals surface area contributed by atoms with Crippen molar-refractivity contribution in [2.24, 2.45) is 0 Å². The van der Waals surface area contributed by atoms with Gasteiger partial charge in [-0.25, -0.2) is 4.98 Å². The molecule has 5 heteroatoms. The van der Waals surface area contributed by atoms with Gasteiger partial charge in [-0.2, -0.15) is 0 Å². The molecule has 0 aliphatic heterocycles. The summed E-state index contributed by atoms with van der Waals surface area (Å²) in [5.41, 5.74) is 3.24. The monoisotopic (exact) mass is 345 g/mol. The number of rotatable bonds is 8. The maximum absolute atomic E-state index is 12.3. The van der Waals surface area contributed by atoms with Crippen LogP contribution in [0.4, 0.5) is 0 Å². The summed E-state index contributed by atoms with van der Waals surface area (Å²) in [7, 11) is 0. The Labute approximate surface area is 148 Å². The molecular weight excluding hydrogens is 318 g/mol. The molecule has 0 fully saturated rings. The van der Waals surface area contributed by atoms with E-state index >= 15 is 0 Å². The van der Waals surface area contributed by atoms with Crippen molar-refractivity contribution in [2.75, 3.05) is 26.2 Å². The number of carbonyl (C=O) groups is 1. The Hall–Kier alpha value is -1.72. The fourth-order valence-electron chi connectivity index (χ4n) is 2.63. The van der Waals surface area contributed by atoms with Crippen LogP contribution in [0.3, 0.4) is 0 Å². The largest absolute Gasteiger partial charge is 0.355 e. The third kappa shape index (κ3) is 5.14. The van der Waals surface area contributed by atoms with Gasteiger partial charge >= 0.3 is 0 Å². The smallest absolute Gasteiger partial charge is 0.225 e. The second-order valence-corrected chi connectivity index (χ2v) is 7.21. The summed E-state index contributed by atoms with van der Waals surface area (Å²) in [6.45, 7) is 11.9. The molecule has 1 amide bonds. The zero-order chi connectivity index (χ0) is 17.5. The molecule has 0 radical (unpaired) electrons. The number of thiazole rings is 1. The molecule has 1 N–H and O–H groups in total. The lowest BCUT2D eigenvalue weighted by Crippen LogP contribution is -2.35. The standard InChI is InChI=1S/C19H27N3OS/c1-5-22(6-2)12-11-20-18(23)13-17-19(21-15(4)24-17)16-9-7-14(3)8-10-16/h7-10H,5-6,11-13H2,1-4H3,(H,20,23). The molecule has 4 nitrogen and oxygen atoms in total. The molecule has 2 rings (SSSR count). The van der Waals surface area contributed by atoms with E-state index in [4.69, 9.17) is 0 Å². The van der Waals surface area contributed by atoms with E-state index < -0.39 is 0 Å². The van der Waals surface area contributed by atoms with Crippen LogP contribution in [0.15, 0.2) is 24.3 Å². The van der Waals surface area contributed by atoms with E-state index in [2.05, 4.69) is 60.2 Å². The highest BCUT2D eigenvalue weighted by Gasteiger charge is 2.14. The first-order valence-electron chi connectivity index (χ1n) is 8.55. The molecule has 1 aromatic carbocycles. The van der Waals surface area contributed by atoms with Crippen LogP contribution in [-0.4, -0.2) is 42.0 Å². The SMILES string of the molecule is CCN(CC)CCNC(=O)Cc1sc(C)nc1-c1ccc(C)cc1. The average molecular weight is 346 g/mol. The number of hydrogen-bond acceptors (Lipinski definition) is 4. The summed E-state index contributed by atoms with van der Waals surface area (Å²) in [6.07, 6.45) is 0.396. The lowest BCUT2D eigenvalue weighted by atomic mass is 10.1. The lowest BCUT2D eigenvalue weighted by Gasteiger charge is -2.17. The van der Waals surface area contributed by atoms with Crippen molar-refractivity contribution in [1.82, 2.24) is 15.2 Å². The summed E-state index contributed by atoms with van der Waals surface area (Å²) in [5, 5.41) is 4.02. The van der Waals surface area contributed by atoms with Crippen LogP contribution < -0.4 is 5.32 Å². The quantitative estimate of drug-likeness (QED) is 0.797. The number of aromatic nitrogens is 1. The van der Waals surface area contributed by atoms with E-state index in [1.807, 2.05) is 6.92 Å². The molecule has 24 heavy (non-hydrogen) atoms. The number of aryl methyl sites for hydroxylation is 2. The van der Waals surface area contributed by atoms with Crippen molar-refractivity contribution >= 4 is 17.2 Å². The Morgan fingerprint density at radius 3 is 2.46 bits per heavy atom. The van der Waals surface area contributed by atoms with E-state index in [1.165, 1.54) is 5.56 Å². The summed E-state index contributed by atoms with van der Waals surface area (Å²) >= 11 is 1.61. The van der Waals surface area contributed by atoms with Crippen LogP contribution in [0, 0.1) is 13.8 Å². The molecule has 0 aliphatic rings. The zero-order valence-electron chi connectivity index (χ0n) is 15.1. The highest BCUT2D eigenvalue weighted by Crippen LogP contribution is 2.28. The first-order chi connectivity index (χ1) is 11.5. The van der Waals surface area contributed by atoms with Crippen molar-refractivity contribution in [3.8, 4) is 11.3 Å². The van der Waals surface area contributed by atoms with Gasteiger partial charge < -0.3 is 10.2 Å². The topological polar surface area (TPSA) is 45.2 Å². The van der Waals surface area contributed by atoms with E-state index in [9.17, 15) is 4.79 Å². The number of nitrogens with zero attached hydrogens (tertiary/aromatic N) is 2. The third-order valence-electron chi connectivity index (χ3n) is 4.10. The van der Waals surface area contributed by atoms with Gasteiger partial charge in [0.05, 0.1) is 17.1 Å². The lowest BCUT2D eigenvalue weighted by molar-refractivity contribution is -0.120. The third-order valence-corrected chi connectivity index (χ3v) is 5.07. The number of nitrogens with one attached hydrogen (secondary N) is 1. The predicted molar refractivity (Wildman–Crippen MR) is 102 cm³/mol. The fourth-order valence-corrected chi connectivity index (χ4v) is 3.58. The fraction of sp³-hybridized carbons (Fsp3) is 0.474. The van der Waals surface area contributed by atoms with Crippen LogP contribution in [0.5, 0.6) is 0 Å². The Morgan fingerprint density at radius 1 is 1.17 bits per heavy atom. The van der Waals surface area contributed by atoms with Gasteiger partial charge in [-0.05, 0) is 26.9 Å². The molecule has 1 heterocycles. The van der Waals surface area contributed by atoms with E-state index in [1.54, 1.807) is 11.3 Å². The van der Waals surface area contributed by atoms with Gasteiger partial charge in [-0.3, -0.25) is 4.79 Å². The molecule has 130 valence electrons. The molecule has 2 aromatic rings. The molecule has 0 atom stereocenters. The summed E-state index contributed by atoms with van der Waals surface area (Å²) in [5.74, 6) is 0.0687. The average Bonchev–Trinajstić information content (AvgIpc) is 2.92. The predicted octanol–water partition coefficient (Wildman–Crippen LogP) is 3.43. The number of likely N-dealkylation sites (N-methyl/N-ethyl adjacent to an activating group) is 1. The Kier molecular flexibility index (Phi) is 6.94. The highest BCUT2D eigenvalue weighted by molar-refractivity contribution is 7.12. The Morgan fingerprint density at radius 2 is 1.83 bits per heavy atom. The van der Waals surface area contributed by atoms with Crippen LogP contribution in [0.2, 0.25) is 0 Å². The Bertz CT molecular complexity index is 660. The van der Waals surface area contributed by atoms with E-state index in [0.29, 0.717) is 13.0 Å². The molecule has 0 unspecified atom stereocenters. The maximum atomic E-state index is 12.3. The molecule has 1 aromatic heterocycles. The zero-order valence-corrected chi connectivity index (χ0v) is 15.9. The van der Waals surface area contributed by atoms with Gasteiger partial charge in [0, 0.05) is 23.5 Å². The molecule has 0 bridgehead atoms. The number of carbonyl (C=O) groups excluding carboxylic acids is 1. The van der Waals surface area contributed by atoms with Crippen molar-refractivity contribution in [2.45, 2.75) is 34.1 Å². The van der Waals surface area contributed by atoms with Gasteiger partial charge in [0.15, 0.2) is 0 Å². The van der Waals surface area contributed by atoms with Crippen molar-refractivity contribution in [3.05, 3.63) is 39.7 Å². The van der Waals surface area contributed by atoms with E-state index in [-0.39, 0.29) is 5.91 Å². The molecule has 0 spiro atoms. The van der Waals surface area contributed by atoms with Crippen LogP contribution in [0.1, 0.15) is 29.3 Å². The van der Waals surface area contributed by atoms with Gasteiger partial charge in [-0.1, -0.05) is 43.7 Å². The first kappa shape index (κ1) is 18.6. The minimum Gasteiger partial charge on any atom is -0.355 e. The highest BCUT2D eigenvalue weighted by atomic mass is 32.1.